The van der Waals surface area contributed by atoms with Crippen LogP contribution in [-0.4, -0.2) is 24.9 Å². The van der Waals surface area contributed by atoms with E-state index in [1.54, 1.807) is 0 Å². The number of aliphatic hydroxyl groups excluding tert-OH is 1. The standard InChI is InChI=1S/C14H24O2/c15-10-14(3-4-14)7-12-2-1-11(5-12)6-13-8-16-9-13/h11-13,15H,1-10H2. The van der Waals surface area contributed by atoms with Crippen LogP contribution in [-0.2, 0) is 4.74 Å². The summed E-state index contributed by atoms with van der Waals surface area (Å²) in [6.45, 7) is 2.47. The van der Waals surface area contributed by atoms with Gasteiger partial charge in [0.25, 0.3) is 0 Å². The molecule has 3 fully saturated rings. The monoisotopic (exact) mass is 224 g/mol. The number of hydrogen-bond donors (Lipinski definition) is 1. The molecule has 0 aromatic rings. The number of ether oxygens (including phenoxy) is 1. The van der Waals surface area contributed by atoms with Gasteiger partial charge in [0.15, 0.2) is 0 Å². The molecule has 0 aromatic heterocycles. The zero-order chi connectivity index (χ0) is 11.0. The van der Waals surface area contributed by atoms with Crippen LogP contribution in [0.2, 0.25) is 0 Å². The summed E-state index contributed by atoms with van der Waals surface area (Å²) in [6.07, 6.45) is 9.55. The molecule has 0 spiro atoms. The van der Waals surface area contributed by atoms with Gasteiger partial charge < -0.3 is 9.84 Å². The SMILES string of the molecule is OCC1(CC2CCC(CC3COC3)C2)CC1. The van der Waals surface area contributed by atoms with Gasteiger partial charge in [0.05, 0.1) is 13.2 Å². The summed E-state index contributed by atoms with van der Waals surface area (Å²) in [5.41, 5.74) is 0.374. The number of aliphatic hydroxyl groups is 1. The van der Waals surface area contributed by atoms with E-state index in [0.29, 0.717) is 12.0 Å². The molecule has 92 valence electrons. The van der Waals surface area contributed by atoms with Gasteiger partial charge in [-0.2, -0.15) is 0 Å². The molecular formula is C14H24O2. The lowest BCUT2D eigenvalue weighted by atomic mass is 9.88. The number of rotatable bonds is 5. The van der Waals surface area contributed by atoms with Crippen LogP contribution in [0.3, 0.4) is 0 Å². The molecule has 3 aliphatic rings. The van der Waals surface area contributed by atoms with E-state index >= 15 is 0 Å². The van der Waals surface area contributed by atoms with Crippen LogP contribution in [0, 0.1) is 23.2 Å². The highest BCUT2D eigenvalue weighted by Gasteiger charge is 2.44. The Hall–Kier alpha value is -0.0800. The number of hydrogen-bond acceptors (Lipinski definition) is 2. The van der Waals surface area contributed by atoms with Crippen molar-refractivity contribution in [3.05, 3.63) is 0 Å². The third-order valence-corrected chi connectivity index (χ3v) is 5.04. The van der Waals surface area contributed by atoms with E-state index in [-0.39, 0.29) is 0 Å². The highest BCUT2D eigenvalue weighted by Crippen LogP contribution is 2.53. The molecule has 1 aliphatic heterocycles. The van der Waals surface area contributed by atoms with Crippen LogP contribution in [0.5, 0.6) is 0 Å². The van der Waals surface area contributed by atoms with Crippen molar-refractivity contribution in [1.29, 1.82) is 0 Å². The Morgan fingerprint density at radius 2 is 1.81 bits per heavy atom. The first kappa shape index (κ1) is 11.0. The Bertz CT molecular complexity index is 243. The minimum Gasteiger partial charge on any atom is -0.396 e. The Balaban J connectivity index is 1.42. The average molecular weight is 224 g/mol. The normalized spacial score (nSPS) is 37.3. The van der Waals surface area contributed by atoms with Crippen molar-refractivity contribution in [2.75, 3.05) is 19.8 Å². The Morgan fingerprint density at radius 1 is 1.06 bits per heavy atom. The molecule has 0 bridgehead atoms. The summed E-state index contributed by atoms with van der Waals surface area (Å²) in [7, 11) is 0. The summed E-state index contributed by atoms with van der Waals surface area (Å²) >= 11 is 0. The van der Waals surface area contributed by atoms with Gasteiger partial charge in [-0.1, -0.05) is 12.8 Å². The predicted molar refractivity (Wildman–Crippen MR) is 63.1 cm³/mol. The fourth-order valence-corrected chi connectivity index (χ4v) is 3.69. The van der Waals surface area contributed by atoms with Crippen molar-refractivity contribution < 1.29 is 9.84 Å². The van der Waals surface area contributed by atoms with Crippen molar-refractivity contribution >= 4 is 0 Å². The quantitative estimate of drug-likeness (QED) is 0.778. The van der Waals surface area contributed by atoms with E-state index in [2.05, 4.69) is 0 Å². The van der Waals surface area contributed by atoms with Gasteiger partial charge in [0.1, 0.15) is 0 Å². The lowest BCUT2D eigenvalue weighted by molar-refractivity contribution is -0.0424. The molecule has 0 aromatic carbocycles. The summed E-state index contributed by atoms with van der Waals surface area (Å²) in [5.74, 6) is 2.76. The van der Waals surface area contributed by atoms with Crippen LogP contribution < -0.4 is 0 Å². The van der Waals surface area contributed by atoms with Crippen molar-refractivity contribution in [1.82, 2.24) is 0 Å². The van der Waals surface area contributed by atoms with Gasteiger partial charge in [-0.3, -0.25) is 0 Å². The maximum atomic E-state index is 9.36. The first-order valence-corrected chi connectivity index (χ1v) is 6.98. The van der Waals surface area contributed by atoms with E-state index in [0.717, 1.165) is 31.0 Å². The van der Waals surface area contributed by atoms with E-state index in [1.807, 2.05) is 0 Å². The molecule has 1 saturated heterocycles. The van der Waals surface area contributed by atoms with Crippen molar-refractivity contribution in [3.8, 4) is 0 Å². The van der Waals surface area contributed by atoms with Gasteiger partial charge in [-0.05, 0) is 49.4 Å². The van der Waals surface area contributed by atoms with Gasteiger partial charge in [-0.25, -0.2) is 0 Å². The highest BCUT2D eigenvalue weighted by molar-refractivity contribution is 4.95. The molecule has 16 heavy (non-hydrogen) atoms. The van der Waals surface area contributed by atoms with E-state index in [4.69, 9.17) is 4.74 Å². The smallest absolute Gasteiger partial charge is 0.0516 e. The van der Waals surface area contributed by atoms with Crippen molar-refractivity contribution in [3.63, 3.8) is 0 Å². The zero-order valence-corrected chi connectivity index (χ0v) is 10.2. The lowest BCUT2D eigenvalue weighted by Gasteiger charge is -2.28. The molecule has 0 amide bonds. The first-order chi connectivity index (χ1) is 7.80. The third kappa shape index (κ3) is 2.28. The fraction of sp³-hybridized carbons (Fsp3) is 1.00. The topological polar surface area (TPSA) is 29.5 Å². The van der Waals surface area contributed by atoms with Gasteiger partial charge >= 0.3 is 0 Å². The van der Waals surface area contributed by atoms with E-state index in [1.165, 1.54) is 44.9 Å². The Morgan fingerprint density at radius 3 is 2.38 bits per heavy atom. The van der Waals surface area contributed by atoms with Crippen LogP contribution in [0.4, 0.5) is 0 Å². The Kier molecular flexibility index (Phi) is 2.97. The molecule has 2 aliphatic carbocycles. The second kappa shape index (κ2) is 4.30. The lowest BCUT2D eigenvalue weighted by Crippen LogP contribution is -2.29. The zero-order valence-electron chi connectivity index (χ0n) is 10.2. The molecular weight excluding hydrogens is 200 g/mol. The van der Waals surface area contributed by atoms with Crippen LogP contribution in [0.15, 0.2) is 0 Å². The minimum atomic E-state index is 0.374. The molecule has 3 rings (SSSR count). The summed E-state index contributed by atoms with van der Waals surface area (Å²) in [5, 5.41) is 9.36. The van der Waals surface area contributed by atoms with Crippen molar-refractivity contribution in [2.24, 2.45) is 23.2 Å². The van der Waals surface area contributed by atoms with Crippen LogP contribution in [0.25, 0.3) is 0 Å². The molecule has 2 heteroatoms. The van der Waals surface area contributed by atoms with Crippen LogP contribution in [0.1, 0.15) is 44.9 Å². The van der Waals surface area contributed by atoms with Gasteiger partial charge in [0.2, 0.25) is 0 Å². The second-order valence-corrected chi connectivity index (χ2v) is 6.55. The molecule has 1 N–H and O–H groups in total. The van der Waals surface area contributed by atoms with E-state index < -0.39 is 0 Å². The molecule has 1 heterocycles. The molecule has 0 radical (unpaired) electrons. The minimum absolute atomic E-state index is 0.374. The molecule has 2 unspecified atom stereocenters. The van der Waals surface area contributed by atoms with Gasteiger partial charge in [0, 0.05) is 12.5 Å². The third-order valence-electron chi connectivity index (χ3n) is 5.04. The largest absolute Gasteiger partial charge is 0.396 e. The Labute approximate surface area is 98.4 Å². The second-order valence-electron chi connectivity index (χ2n) is 6.55. The summed E-state index contributed by atoms with van der Waals surface area (Å²) in [6, 6.07) is 0. The maximum absolute atomic E-state index is 9.36. The summed E-state index contributed by atoms with van der Waals surface area (Å²) in [4.78, 5) is 0. The maximum Gasteiger partial charge on any atom is 0.0516 e. The first-order valence-electron chi connectivity index (χ1n) is 6.98. The predicted octanol–water partition coefficient (Wildman–Crippen LogP) is 2.60. The van der Waals surface area contributed by atoms with E-state index in [9.17, 15) is 5.11 Å². The van der Waals surface area contributed by atoms with Gasteiger partial charge in [-0.15, -0.1) is 0 Å². The average Bonchev–Trinajstić information content (AvgIpc) is 2.86. The van der Waals surface area contributed by atoms with Crippen molar-refractivity contribution in [2.45, 2.75) is 44.9 Å². The molecule has 2 saturated carbocycles. The summed E-state index contributed by atoms with van der Waals surface area (Å²) < 4.78 is 5.25. The highest BCUT2D eigenvalue weighted by atomic mass is 16.5. The molecule has 2 atom stereocenters. The fourth-order valence-electron chi connectivity index (χ4n) is 3.69. The molecule has 2 nitrogen and oxygen atoms in total. The van der Waals surface area contributed by atoms with Crippen LogP contribution >= 0.6 is 0 Å².